The zero-order valence-electron chi connectivity index (χ0n) is 20.3. The lowest BCUT2D eigenvalue weighted by Crippen LogP contribution is -2.54. The number of nitrogens with zero attached hydrogens (tertiary/aromatic N) is 3. The molecule has 1 fully saturated rings. The molecule has 0 bridgehead atoms. The molecule has 2 amide bonds. The SMILES string of the molecule is CCOc1cc2c(cc1OCC)[C@H]1[C@H](C(=O)N3CCN(C)CC3)c3ccccc3C(=O)N1CC2. The number of rotatable bonds is 5. The topological polar surface area (TPSA) is 62.3 Å². The third-order valence-corrected chi connectivity index (χ3v) is 7.27. The minimum absolute atomic E-state index is 0.000483. The molecule has 2 aromatic carbocycles. The number of amides is 2. The number of fused-ring (bicyclic) bond motifs is 4. The Balaban J connectivity index is 1.63. The fraction of sp³-hybridized carbons (Fsp3) is 0.481. The zero-order chi connectivity index (χ0) is 23.8. The zero-order valence-corrected chi connectivity index (χ0v) is 20.3. The van der Waals surface area contributed by atoms with E-state index in [-0.39, 0.29) is 17.9 Å². The molecule has 3 aliphatic heterocycles. The van der Waals surface area contributed by atoms with Crippen molar-refractivity contribution in [2.24, 2.45) is 0 Å². The number of carbonyl (C=O) groups excluding carboxylic acids is 2. The monoisotopic (exact) mass is 463 g/mol. The Morgan fingerprint density at radius 3 is 2.32 bits per heavy atom. The van der Waals surface area contributed by atoms with Crippen molar-refractivity contribution in [2.75, 3.05) is 53.0 Å². The van der Waals surface area contributed by atoms with E-state index < -0.39 is 5.92 Å². The molecule has 180 valence electrons. The lowest BCUT2D eigenvalue weighted by atomic mass is 9.75. The van der Waals surface area contributed by atoms with Crippen LogP contribution in [0.25, 0.3) is 0 Å². The second kappa shape index (κ2) is 9.29. The van der Waals surface area contributed by atoms with Gasteiger partial charge in [0.2, 0.25) is 5.91 Å². The Kier molecular flexibility index (Phi) is 6.21. The molecule has 1 saturated heterocycles. The van der Waals surface area contributed by atoms with Crippen LogP contribution in [0.3, 0.4) is 0 Å². The molecule has 0 aromatic heterocycles. The number of carbonyl (C=O) groups is 2. The molecule has 7 heteroatoms. The number of benzene rings is 2. The molecule has 0 radical (unpaired) electrons. The van der Waals surface area contributed by atoms with Crippen LogP contribution in [0.2, 0.25) is 0 Å². The molecule has 2 atom stereocenters. The van der Waals surface area contributed by atoms with Crippen LogP contribution in [0, 0.1) is 0 Å². The van der Waals surface area contributed by atoms with E-state index in [0.717, 1.165) is 42.0 Å². The van der Waals surface area contributed by atoms with Crippen LogP contribution in [-0.2, 0) is 11.2 Å². The summed E-state index contributed by atoms with van der Waals surface area (Å²) in [6, 6.07) is 11.3. The van der Waals surface area contributed by atoms with Gasteiger partial charge in [0.25, 0.3) is 5.91 Å². The van der Waals surface area contributed by atoms with Crippen LogP contribution in [0.1, 0.15) is 52.9 Å². The number of hydrogen-bond donors (Lipinski definition) is 0. The van der Waals surface area contributed by atoms with Crippen molar-refractivity contribution < 1.29 is 19.1 Å². The van der Waals surface area contributed by atoms with Crippen molar-refractivity contribution in [1.82, 2.24) is 14.7 Å². The van der Waals surface area contributed by atoms with Gasteiger partial charge in [-0.2, -0.15) is 0 Å². The number of ether oxygens (including phenoxy) is 2. The summed E-state index contributed by atoms with van der Waals surface area (Å²) in [5, 5.41) is 0. The van der Waals surface area contributed by atoms with Crippen LogP contribution >= 0.6 is 0 Å². The van der Waals surface area contributed by atoms with E-state index in [0.29, 0.717) is 44.2 Å². The molecule has 0 spiro atoms. The van der Waals surface area contributed by atoms with Crippen molar-refractivity contribution in [2.45, 2.75) is 32.2 Å². The Morgan fingerprint density at radius 2 is 1.62 bits per heavy atom. The summed E-state index contributed by atoms with van der Waals surface area (Å²) in [5.74, 6) is 1.05. The summed E-state index contributed by atoms with van der Waals surface area (Å²) in [5.41, 5.74) is 3.59. The van der Waals surface area contributed by atoms with Gasteiger partial charge in [-0.1, -0.05) is 18.2 Å². The molecular formula is C27H33N3O4. The van der Waals surface area contributed by atoms with E-state index in [9.17, 15) is 9.59 Å². The maximum Gasteiger partial charge on any atom is 0.254 e. The van der Waals surface area contributed by atoms with Gasteiger partial charge < -0.3 is 24.2 Å². The average molecular weight is 464 g/mol. The second-order valence-electron chi connectivity index (χ2n) is 9.25. The molecule has 5 rings (SSSR count). The van der Waals surface area contributed by atoms with Gasteiger partial charge in [0.05, 0.1) is 25.2 Å². The molecule has 34 heavy (non-hydrogen) atoms. The standard InChI is InChI=1S/C27H33N3O4/c1-4-33-22-16-18-10-11-30-25(21(18)17-23(22)34-5-2)24(19-8-6-7-9-20(19)26(30)31)27(32)29-14-12-28(3)13-15-29/h6-9,16-17,24-25H,4-5,10-15H2,1-3H3/t24-,25+/m1/s1. The van der Waals surface area contributed by atoms with Gasteiger partial charge in [-0.25, -0.2) is 0 Å². The summed E-state index contributed by atoms with van der Waals surface area (Å²) in [6.07, 6.45) is 0.724. The van der Waals surface area contributed by atoms with Gasteiger partial charge in [-0.3, -0.25) is 9.59 Å². The summed E-state index contributed by atoms with van der Waals surface area (Å²) in [4.78, 5) is 33.8. The predicted molar refractivity (Wildman–Crippen MR) is 130 cm³/mol. The highest BCUT2D eigenvalue weighted by Crippen LogP contribution is 2.49. The van der Waals surface area contributed by atoms with Gasteiger partial charge in [0, 0.05) is 38.3 Å². The van der Waals surface area contributed by atoms with Crippen LogP contribution in [-0.4, -0.2) is 79.5 Å². The van der Waals surface area contributed by atoms with Crippen molar-refractivity contribution in [3.8, 4) is 11.5 Å². The van der Waals surface area contributed by atoms with Crippen molar-refractivity contribution >= 4 is 11.8 Å². The minimum Gasteiger partial charge on any atom is -0.490 e. The Hall–Kier alpha value is -3.06. The van der Waals surface area contributed by atoms with Gasteiger partial charge in [0.15, 0.2) is 11.5 Å². The van der Waals surface area contributed by atoms with Crippen LogP contribution in [0.15, 0.2) is 36.4 Å². The molecule has 0 aliphatic carbocycles. The Morgan fingerprint density at radius 1 is 0.941 bits per heavy atom. The average Bonchev–Trinajstić information content (AvgIpc) is 2.85. The molecule has 0 unspecified atom stereocenters. The third kappa shape index (κ3) is 3.82. The predicted octanol–water partition coefficient (Wildman–Crippen LogP) is 3.09. The Bertz CT molecular complexity index is 1090. The quantitative estimate of drug-likeness (QED) is 0.682. The maximum atomic E-state index is 14.1. The lowest BCUT2D eigenvalue weighted by Gasteiger charge is -2.47. The number of piperazine rings is 1. The van der Waals surface area contributed by atoms with E-state index in [2.05, 4.69) is 11.9 Å². The van der Waals surface area contributed by atoms with Crippen LogP contribution in [0.5, 0.6) is 11.5 Å². The van der Waals surface area contributed by atoms with Gasteiger partial charge in [-0.15, -0.1) is 0 Å². The first-order valence-corrected chi connectivity index (χ1v) is 12.3. The number of hydrogen-bond acceptors (Lipinski definition) is 5. The van der Waals surface area contributed by atoms with E-state index in [1.165, 1.54) is 0 Å². The molecule has 2 aromatic rings. The van der Waals surface area contributed by atoms with E-state index in [1.54, 1.807) is 0 Å². The fourth-order valence-electron chi connectivity index (χ4n) is 5.56. The summed E-state index contributed by atoms with van der Waals surface area (Å²) in [7, 11) is 2.08. The first-order chi connectivity index (χ1) is 16.5. The smallest absolute Gasteiger partial charge is 0.254 e. The highest BCUT2D eigenvalue weighted by atomic mass is 16.5. The largest absolute Gasteiger partial charge is 0.490 e. The van der Waals surface area contributed by atoms with Gasteiger partial charge in [0.1, 0.15) is 0 Å². The van der Waals surface area contributed by atoms with E-state index in [4.69, 9.17) is 9.47 Å². The summed E-state index contributed by atoms with van der Waals surface area (Å²) in [6.45, 7) is 8.66. The first-order valence-electron chi connectivity index (χ1n) is 12.3. The summed E-state index contributed by atoms with van der Waals surface area (Å²) >= 11 is 0. The molecule has 3 heterocycles. The second-order valence-corrected chi connectivity index (χ2v) is 9.25. The fourth-order valence-corrected chi connectivity index (χ4v) is 5.56. The minimum atomic E-state index is -0.441. The molecule has 0 saturated carbocycles. The van der Waals surface area contributed by atoms with Gasteiger partial charge >= 0.3 is 0 Å². The van der Waals surface area contributed by atoms with E-state index >= 15 is 0 Å². The van der Waals surface area contributed by atoms with Crippen molar-refractivity contribution in [3.63, 3.8) is 0 Å². The molecular weight excluding hydrogens is 430 g/mol. The maximum absolute atomic E-state index is 14.1. The van der Waals surface area contributed by atoms with Crippen LogP contribution in [0.4, 0.5) is 0 Å². The normalized spacial score (nSPS) is 22.0. The highest BCUT2D eigenvalue weighted by Gasteiger charge is 2.47. The Labute approximate surface area is 201 Å². The third-order valence-electron chi connectivity index (χ3n) is 7.27. The van der Waals surface area contributed by atoms with Crippen molar-refractivity contribution in [3.05, 3.63) is 58.7 Å². The molecule has 0 N–H and O–H groups in total. The lowest BCUT2D eigenvalue weighted by molar-refractivity contribution is -0.136. The first kappa shape index (κ1) is 22.7. The van der Waals surface area contributed by atoms with Gasteiger partial charge in [-0.05, 0) is 62.2 Å². The molecule has 7 nitrogen and oxygen atoms in total. The number of likely N-dealkylation sites (N-methyl/N-ethyl adjacent to an activating group) is 1. The highest BCUT2D eigenvalue weighted by molar-refractivity contribution is 6.01. The van der Waals surface area contributed by atoms with Crippen LogP contribution < -0.4 is 9.47 Å². The van der Waals surface area contributed by atoms with Crippen molar-refractivity contribution in [1.29, 1.82) is 0 Å². The molecule has 3 aliphatic rings. The summed E-state index contributed by atoms with van der Waals surface area (Å²) < 4.78 is 11.8. The van der Waals surface area contributed by atoms with E-state index in [1.807, 2.05) is 60.0 Å².